The summed E-state index contributed by atoms with van der Waals surface area (Å²) in [5.74, 6) is -2.13. The second kappa shape index (κ2) is 7.82. The Hall–Kier alpha value is -3.29. The van der Waals surface area contributed by atoms with E-state index in [1.807, 2.05) is 0 Å². The first-order chi connectivity index (χ1) is 11.5. The summed E-state index contributed by atoms with van der Waals surface area (Å²) in [6, 6.07) is 11.1. The maximum absolute atomic E-state index is 12.8. The molecule has 0 saturated carbocycles. The highest BCUT2D eigenvalue weighted by atomic mass is 19.1. The summed E-state index contributed by atoms with van der Waals surface area (Å²) in [7, 11) is 0. The quantitative estimate of drug-likeness (QED) is 0.497. The van der Waals surface area contributed by atoms with Crippen molar-refractivity contribution in [3.8, 4) is 0 Å². The zero-order valence-corrected chi connectivity index (χ0v) is 12.5. The third-order valence-corrected chi connectivity index (χ3v) is 3.13. The summed E-state index contributed by atoms with van der Waals surface area (Å²) in [4.78, 5) is 33.5. The van der Waals surface area contributed by atoms with Crippen LogP contribution in [0.15, 0.2) is 48.5 Å². The summed E-state index contributed by atoms with van der Waals surface area (Å²) in [6.45, 7) is 0.201. The van der Waals surface area contributed by atoms with Crippen molar-refractivity contribution < 1.29 is 18.9 Å². The Balaban J connectivity index is 1.83. The lowest BCUT2D eigenvalue weighted by Crippen LogP contribution is -2.36. The molecule has 0 saturated heterocycles. The Labute approximate surface area is 136 Å². The van der Waals surface area contributed by atoms with Crippen LogP contribution in [-0.2, 0) is 16.0 Å². The van der Waals surface area contributed by atoms with Crippen molar-refractivity contribution in [2.45, 2.75) is 6.42 Å². The summed E-state index contributed by atoms with van der Waals surface area (Å²) >= 11 is 0. The van der Waals surface area contributed by atoms with Crippen LogP contribution in [0.2, 0.25) is 0 Å². The molecule has 0 fully saturated rings. The number of benzene rings is 2. The molecule has 8 heteroatoms. The van der Waals surface area contributed by atoms with E-state index in [1.54, 1.807) is 12.1 Å². The van der Waals surface area contributed by atoms with Gasteiger partial charge < -0.3 is 10.6 Å². The number of hydrogen-bond donors (Lipinski definition) is 2. The number of halogens is 1. The van der Waals surface area contributed by atoms with Crippen molar-refractivity contribution in [3.05, 3.63) is 70.0 Å². The molecule has 0 unspecified atom stereocenters. The highest BCUT2D eigenvalue weighted by Crippen LogP contribution is 2.16. The number of rotatable bonds is 5. The molecular formula is C16H14FN3O4. The summed E-state index contributed by atoms with van der Waals surface area (Å²) in [5, 5.41) is 15.4. The molecule has 0 spiro atoms. The van der Waals surface area contributed by atoms with Gasteiger partial charge in [0.25, 0.3) is 5.69 Å². The first kappa shape index (κ1) is 17.1. The van der Waals surface area contributed by atoms with E-state index in [0.29, 0.717) is 6.42 Å². The number of nitro benzene ring substituents is 1. The molecule has 0 bridgehead atoms. The number of non-ortho nitro benzene ring substituents is 1. The SMILES string of the molecule is O=C(NCCc1ccc(F)cc1)C(=O)Nc1cccc([N+](=O)[O-])c1. The lowest BCUT2D eigenvalue weighted by atomic mass is 10.1. The van der Waals surface area contributed by atoms with Crippen molar-refractivity contribution in [1.29, 1.82) is 0 Å². The molecule has 24 heavy (non-hydrogen) atoms. The number of nitro groups is 1. The smallest absolute Gasteiger partial charge is 0.313 e. The van der Waals surface area contributed by atoms with E-state index in [0.717, 1.165) is 11.6 Å². The van der Waals surface area contributed by atoms with Crippen molar-refractivity contribution in [2.75, 3.05) is 11.9 Å². The summed E-state index contributed by atoms with van der Waals surface area (Å²) < 4.78 is 12.8. The van der Waals surface area contributed by atoms with Crippen LogP contribution in [0.5, 0.6) is 0 Å². The predicted octanol–water partition coefficient (Wildman–Crippen LogP) is 2.03. The molecule has 0 aliphatic carbocycles. The summed E-state index contributed by atoms with van der Waals surface area (Å²) in [6.07, 6.45) is 0.441. The predicted molar refractivity (Wildman–Crippen MR) is 84.8 cm³/mol. The van der Waals surface area contributed by atoms with Crippen LogP contribution in [0.1, 0.15) is 5.56 Å². The average Bonchev–Trinajstić information content (AvgIpc) is 2.56. The van der Waals surface area contributed by atoms with Crippen LogP contribution in [0.3, 0.4) is 0 Å². The first-order valence-electron chi connectivity index (χ1n) is 7.04. The lowest BCUT2D eigenvalue weighted by Gasteiger charge is -2.06. The van der Waals surface area contributed by atoms with Gasteiger partial charge in [-0.25, -0.2) is 4.39 Å². The number of amides is 2. The van der Waals surface area contributed by atoms with Gasteiger partial charge in [0.2, 0.25) is 0 Å². The topological polar surface area (TPSA) is 101 Å². The van der Waals surface area contributed by atoms with E-state index in [2.05, 4.69) is 10.6 Å². The average molecular weight is 331 g/mol. The second-order valence-corrected chi connectivity index (χ2v) is 4.89. The fourth-order valence-electron chi connectivity index (χ4n) is 1.94. The molecule has 2 aromatic rings. The van der Waals surface area contributed by atoms with Crippen molar-refractivity contribution >= 4 is 23.2 Å². The van der Waals surface area contributed by atoms with E-state index < -0.39 is 16.7 Å². The van der Waals surface area contributed by atoms with Gasteiger partial charge in [0.15, 0.2) is 0 Å². The number of carbonyl (C=O) groups excluding carboxylic acids is 2. The number of carbonyl (C=O) groups is 2. The Morgan fingerprint density at radius 2 is 1.79 bits per heavy atom. The van der Waals surface area contributed by atoms with Gasteiger partial charge in [-0.15, -0.1) is 0 Å². The van der Waals surface area contributed by atoms with Crippen LogP contribution < -0.4 is 10.6 Å². The van der Waals surface area contributed by atoms with E-state index in [4.69, 9.17) is 0 Å². The molecule has 0 aliphatic heterocycles. The summed E-state index contributed by atoms with van der Waals surface area (Å²) in [5.41, 5.74) is 0.781. The minimum absolute atomic E-state index is 0.155. The standard InChI is InChI=1S/C16H14FN3O4/c17-12-6-4-11(5-7-12)8-9-18-15(21)16(22)19-13-2-1-3-14(10-13)20(23)24/h1-7,10H,8-9H2,(H,18,21)(H,19,22). The van der Waals surface area contributed by atoms with Gasteiger partial charge in [-0.3, -0.25) is 19.7 Å². The molecule has 0 atom stereocenters. The number of hydrogen-bond acceptors (Lipinski definition) is 4. The van der Waals surface area contributed by atoms with Crippen LogP contribution in [0.4, 0.5) is 15.8 Å². The molecule has 2 N–H and O–H groups in total. The fraction of sp³-hybridized carbons (Fsp3) is 0.125. The highest BCUT2D eigenvalue weighted by molar-refractivity contribution is 6.39. The maximum Gasteiger partial charge on any atom is 0.313 e. The lowest BCUT2D eigenvalue weighted by molar-refractivity contribution is -0.384. The third-order valence-electron chi connectivity index (χ3n) is 3.13. The molecule has 0 radical (unpaired) electrons. The number of nitrogens with one attached hydrogen (secondary N) is 2. The van der Waals surface area contributed by atoms with Gasteiger partial charge in [0.05, 0.1) is 4.92 Å². The molecule has 2 aromatic carbocycles. The molecule has 7 nitrogen and oxygen atoms in total. The monoisotopic (exact) mass is 331 g/mol. The Bertz CT molecular complexity index is 762. The molecule has 124 valence electrons. The van der Waals surface area contributed by atoms with Crippen LogP contribution in [0, 0.1) is 15.9 Å². The minimum Gasteiger partial charge on any atom is -0.347 e. The Morgan fingerprint density at radius 1 is 1.08 bits per heavy atom. The van der Waals surface area contributed by atoms with E-state index in [-0.39, 0.29) is 23.7 Å². The van der Waals surface area contributed by atoms with Crippen molar-refractivity contribution in [3.63, 3.8) is 0 Å². The third kappa shape index (κ3) is 4.87. The van der Waals surface area contributed by atoms with Crippen LogP contribution in [0.25, 0.3) is 0 Å². The van der Waals surface area contributed by atoms with Crippen LogP contribution >= 0.6 is 0 Å². The normalized spacial score (nSPS) is 10.0. The Morgan fingerprint density at radius 3 is 2.46 bits per heavy atom. The number of anilines is 1. The van der Waals surface area contributed by atoms with Gasteiger partial charge in [0, 0.05) is 24.4 Å². The second-order valence-electron chi connectivity index (χ2n) is 4.89. The van der Waals surface area contributed by atoms with Gasteiger partial charge in [-0.2, -0.15) is 0 Å². The van der Waals surface area contributed by atoms with E-state index in [9.17, 15) is 24.1 Å². The van der Waals surface area contributed by atoms with Crippen molar-refractivity contribution in [2.24, 2.45) is 0 Å². The maximum atomic E-state index is 12.8. The Kier molecular flexibility index (Phi) is 5.56. The number of nitrogens with zero attached hydrogens (tertiary/aromatic N) is 1. The van der Waals surface area contributed by atoms with Crippen molar-refractivity contribution in [1.82, 2.24) is 5.32 Å². The molecule has 2 rings (SSSR count). The van der Waals surface area contributed by atoms with Gasteiger partial charge in [-0.1, -0.05) is 18.2 Å². The highest BCUT2D eigenvalue weighted by Gasteiger charge is 2.14. The molecule has 0 heterocycles. The largest absolute Gasteiger partial charge is 0.347 e. The van der Waals surface area contributed by atoms with Gasteiger partial charge in [0.1, 0.15) is 5.82 Å². The molecule has 0 aromatic heterocycles. The zero-order chi connectivity index (χ0) is 17.5. The fourth-order valence-corrected chi connectivity index (χ4v) is 1.94. The molecule has 2 amide bonds. The van der Waals surface area contributed by atoms with E-state index in [1.165, 1.54) is 30.3 Å². The minimum atomic E-state index is -0.922. The van der Waals surface area contributed by atoms with Gasteiger partial charge in [-0.05, 0) is 30.2 Å². The zero-order valence-electron chi connectivity index (χ0n) is 12.5. The van der Waals surface area contributed by atoms with Gasteiger partial charge >= 0.3 is 11.8 Å². The van der Waals surface area contributed by atoms with Crippen LogP contribution in [-0.4, -0.2) is 23.3 Å². The van der Waals surface area contributed by atoms with E-state index >= 15 is 0 Å². The molecule has 0 aliphatic rings. The molecular weight excluding hydrogens is 317 g/mol. The first-order valence-corrected chi connectivity index (χ1v) is 7.04.